The number of nitrogens with one attached hydrogen (secondary N) is 1. The van der Waals surface area contributed by atoms with Gasteiger partial charge in [0, 0.05) is 36.3 Å². The van der Waals surface area contributed by atoms with E-state index in [-0.39, 0.29) is 24.4 Å². The zero-order valence-corrected chi connectivity index (χ0v) is 18.5. The van der Waals surface area contributed by atoms with E-state index in [1.165, 1.54) is 11.1 Å². The molecule has 1 N–H and O–H groups in total. The van der Waals surface area contributed by atoms with Gasteiger partial charge in [0.2, 0.25) is 5.91 Å². The van der Waals surface area contributed by atoms with Gasteiger partial charge in [0.25, 0.3) is 0 Å². The molecule has 1 aliphatic heterocycles. The lowest BCUT2D eigenvalue weighted by molar-refractivity contribution is -0.121. The number of amides is 3. The van der Waals surface area contributed by atoms with Crippen LogP contribution in [0.25, 0.3) is 0 Å². The number of anilines is 1. The molecule has 1 aliphatic rings. The van der Waals surface area contributed by atoms with E-state index in [4.69, 9.17) is 11.6 Å². The van der Waals surface area contributed by atoms with E-state index >= 15 is 0 Å². The summed E-state index contributed by atoms with van der Waals surface area (Å²) in [5.74, 6) is 0.0581. The second-order valence-electron chi connectivity index (χ2n) is 7.84. The largest absolute Gasteiger partial charge is 0.355 e. The van der Waals surface area contributed by atoms with Gasteiger partial charge in [-0.25, -0.2) is 4.79 Å². The number of urea groups is 1. The molecule has 0 spiro atoms. The molecular formula is C26H26ClN3O2. The molecule has 1 saturated heterocycles. The van der Waals surface area contributed by atoms with Crippen LogP contribution in [0.1, 0.15) is 23.5 Å². The molecule has 0 saturated carbocycles. The Kier molecular flexibility index (Phi) is 7.07. The molecule has 3 amide bonds. The molecule has 3 aromatic rings. The molecule has 0 radical (unpaired) electrons. The van der Waals surface area contributed by atoms with Crippen molar-refractivity contribution in [1.29, 1.82) is 0 Å². The fraction of sp³-hybridized carbons (Fsp3) is 0.231. The molecule has 5 nitrogen and oxygen atoms in total. The van der Waals surface area contributed by atoms with E-state index in [9.17, 15) is 9.59 Å². The van der Waals surface area contributed by atoms with E-state index in [0.717, 1.165) is 12.1 Å². The lowest BCUT2D eigenvalue weighted by Gasteiger charge is -2.20. The highest BCUT2D eigenvalue weighted by Crippen LogP contribution is 2.27. The van der Waals surface area contributed by atoms with Gasteiger partial charge in [0.15, 0.2) is 0 Å². The summed E-state index contributed by atoms with van der Waals surface area (Å²) in [4.78, 5) is 28.5. The SMILES string of the molecule is O=C(CN1CCN(c2ccc(Cl)cc2)C1=O)NCCC(c1ccccc1)c1ccccc1. The summed E-state index contributed by atoms with van der Waals surface area (Å²) in [7, 11) is 0. The predicted molar refractivity (Wildman–Crippen MR) is 128 cm³/mol. The van der Waals surface area contributed by atoms with Crippen LogP contribution >= 0.6 is 11.6 Å². The van der Waals surface area contributed by atoms with Crippen LogP contribution in [0.2, 0.25) is 5.02 Å². The predicted octanol–water partition coefficient (Wildman–Crippen LogP) is 4.92. The molecule has 4 rings (SSSR count). The average molecular weight is 448 g/mol. The van der Waals surface area contributed by atoms with Crippen molar-refractivity contribution in [3.8, 4) is 0 Å². The summed E-state index contributed by atoms with van der Waals surface area (Å²) < 4.78 is 0. The Labute approximate surface area is 193 Å². The van der Waals surface area contributed by atoms with Crippen molar-refractivity contribution < 1.29 is 9.59 Å². The number of rotatable bonds is 8. The van der Waals surface area contributed by atoms with Gasteiger partial charge in [-0.2, -0.15) is 0 Å². The number of hydrogen-bond donors (Lipinski definition) is 1. The van der Waals surface area contributed by atoms with Crippen LogP contribution in [0.4, 0.5) is 10.5 Å². The minimum atomic E-state index is -0.158. The Morgan fingerprint density at radius 1 is 0.875 bits per heavy atom. The van der Waals surface area contributed by atoms with Gasteiger partial charge in [0.1, 0.15) is 6.54 Å². The number of benzene rings is 3. The lowest BCUT2D eigenvalue weighted by atomic mass is 9.88. The molecule has 0 atom stereocenters. The molecular weight excluding hydrogens is 422 g/mol. The highest BCUT2D eigenvalue weighted by atomic mass is 35.5. The third-order valence-electron chi connectivity index (χ3n) is 5.73. The molecule has 3 aromatic carbocycles. The van der Waals surface area contributed by atoms with Crippen LogP contribution < -0.4 is 10.2 Å². The van der Waals surface area contributed by atoms with Crippen molar-refractivity contribution in [3.63, 3.8) is 0 Å². The lowest BCUT2D eigenvalue weighted by Crippen LogP contribution is -2.40. The molecule has 32 heavy (non-hydrogen) atoms. The highest BCUT2D eigenvalue weighted by molar-refractivity contribution is 6.30. The summed E-state index contributed by atoms with van der Waals surface area (Å²) >= 11 is 5.93. The molecule has 0 unspecified atom stereocenters. The monoisotopic (exact) mass is 447 g/mol. The first-order chi connectivity index (χ1) is 15.6. The molecule has 1 heterocycles. The van der Waals surface area contributed by atoms with E-state index in [1.807, 2.05) is 48.5 Å². The maximum atomic E-state index is 12.7. The number of carbonyl (C=O) groups is 2. The van der Waals surface area contributed by atoms with Gasteiger partial charge in [-0.05, 0) is 41.8 Å². The molecule has 0 aliphatic carbocycles. The van der Waals surface area contributed by atoms with Gasteiger partial charge >= 0.3 is 6.03 Å². The minimum absolute atomic E-state index is 0.0598. The summed E-state index contributed by atoms with van der Waals surface area (Å²) in [6.45, 7) is 1.67. The summed E-state index contributed by atoms with van der Waals surface area (Å²) in [5, 5.41) is 3.62. The van der Waals surface area contributed by atoms with Crippen LogP contribution in [0.15, 0.2) is 84.9 Å². The Balaban J connectivity index is 1.31. The van der Waals surface area contributed by atoms with Gasteiger partial charge in [-0.1, -0.05) is 72.3 Å². The normalized spacial score (nSPS) is 13.6. The number of halogens is 1. The van der Waals surface area contributed by atoms with E-state index in [0.29, 0.717) is 24.7 Å². The van der Waals surface area contributed by atoms with E-state index in [2.05, 4.69) is 29.6 Å². The average Bonchev–Trinajstić information content (AvgIpc) is 3.18. The van der Waals surface area contributed by atoms with Crippen LogP contribution in [-0.4, -0.2) is 43.0 Å². The number of nitrogens with zero attached hydrogens (tertiary/aromatic N) is 2. The second kappa shape index (κ2) is 10.3. The molecule has 6 heteroatoms. The fourth-order valence-electron chi connectivity index (χ4n) is 4.07. The topological polar surface area (TPSA) is 52.7 Å². The third kappa shape index (κ3) is 5.29. The quantitative estimate of drug-likeness (QED) is 0.532. The van der Waals surface area contributed by atoms with Crippen LogP contribution in [0.3, 0.4) is 0 Å². The van der Waals surface area contributed by atoms with Crippen LogP contribution in [0.5, 0.6) is 0 Å². The first-order valence-corrected chi connectivity index (χ1v) is 11.2. The Morgan fingerprint density at radius 3 is 2.06 bits per heavy atom. The molecule has 164 valence electrons. The minimum Gasteiger partial charge on any atom is -0.355 e. The van der Waals surface area contributed by atoms with Gasteiger partial charge < -0.3 is 10.2 Å². The first-order valence-electron chi connectivity index (χ1n) is 10.8. The fourth-order valence-corrected chi connectivity index (χ4v) is 4.20. The maximum Gasteiger partial charge on any atom is 0.325 e. The third-order valence-corrected chi connectivity index (χ3v) is 5.98. The summed E-state index contributed by atoms with van der Waals surface area (Å²) in [6, 6.07) is 27.6. The van der Waals surface area contributed by atoms with Crippen LogP contribution in [0, 0.1) is 0 Å². The number of hydrogen-bond acceptors (Lipinski definition) is 2. The van der Waals surface area contributed by atoms with Gasteiger partial charge in [-0.15, -0.1) is 0 Å². The Hall–Kier alpha value is -3.31. The molecule has 1 fully saturated rings. The van der Waals surface area contributed by atoms with Crippen LogP contribution in [-0.2, 0) is 4.79 Å². The van der Waals surface area contributed by atoms with Crippen molar-refractivity contribution in [3.05, 3.63) is 101 Å². The van der Waals surface area contributed by atoms with Crippen molar-refractivity contribution >= 4 is 29.2 Å². The van der Waals surface area contributed by atoms with Gasteiger partial charge in [-0.3, -0.25) is 9.69 Å². The smallest absolute Gasteiger partial charge is 0.325 e. The zero-order valence-electron chi connectivity index (χ0n) is 17.8. The highest BCUT2D eigenvalue weighted by Gasteiger charge is 2.30. The molecule has 0 bridgehead atoms. The van der Waals surface area contributed by atoms with E-state index in [1.54, 1.807) is 21.9 Å². The van der Waals surface area contributed by atoms with E-state index < -0.39 is 0 Å². The van der Waals surface area contributed by atoms with Gasteiger partial charge in [0.05, 0.1) is 0 Å². The maximum absolute atomic E-state index is 12.7. The number of carbonyl (C=O) groups excluding carboxylic acids is 2. The Bertz CT molecular complexity index is 1000. The van der Waals surface area contributed by atoms with Crippen molar-refractivity contribution in [2.75, 3.05) is 31.1 Å². The molecule has 0 aromatic heterocycles. The van der Waals surface area contributed by atoms with Crippen molar-refractivity contribution in [2.45, 2.75) is 12.3 Å². The summed E-state index contributed by atoms with van der Waals surface area (Å²) in [5.41, 5.74) is 3.23. The second-order valence-corrected chi connectivity index (χ2v) is 8.28. The summed E-state index contributed by atoms with van der Waals surface area (Å²) in [6.07, 6.45) is 0.782. The van der Waals surface area contributed by atoms with Crippen molar-refractivity contribution in [1.82, 2.24) is 10.2 Å². The first kappa shape index (κ1) is 21.9. The standard InChI is InChI=1S/C26H26ClN3O2/c27-22-11-13-23(14-12-22)30-18-17-29(26(30)32)19-25(31)28-16-15-24(20-7-3-1-4-8-20)21-9-5-2-6-10-21/h1-14,24H,15-19H2,(H,28,31). The Morgan fingerprint density at radius 2 is 1.47 bits per heavy atom. The van der Waals surface area contributed by atoms with Crippen molar-refractivity contribution in [2.24, 2.45) is 0 Å². The zero-order chi connectivity index (χ0) is 22.3.